The highest BCUT2D eigenvalue weighted by Crippen LogP contribution is 2.09. The van der Waals surface area contributed by atoms with E-state index in [2.05, 4.69) is 0 Å². The lowest BCUT2D eigenvalue weighted by atomic mass is 10.2. The fraction of sp³-hybridized carbons (Fsp3) is 0.889. The molecule has 0 aliphatic rings. The number of ether oxygens (including phenoxy) is 1. The van der Waals surface area contributed by atoms with Gasteiger partial charge in [0.05, 0.1) is 0 Å². The highest BCUT2D eigenvalue weighted by molar-refractivity contribution is 6.08. The minimum Gasteiger partial charge on any atom is -0.444 e. The van der Waals surface area contributed by atoms with Crippen LogP contribution in [0.2, 0.25) is 6.04 Å². The number of nitrogens with zero attached hydrogens (tertiary/aromatic N) is 1. The number of hydrogen-bond donors (Lipinski definition) is 0. The number of amides is 1. The van der Waals surface area contributed by atoms with Gasteiger partial charge in [0.25, 0.3) is 0 Å². The topological polar surface area (TPSA) is 29.5 Å². The summed E-state index contributed by atoms with van der Waals surface area (Å²) < 4.78 is 5.19. The van der Waals surface area contributed by atoms with Gasteiger partial charge in [0.1, 0.15) is 5.60 Å². The van der Waals surface area contributed by atoms with Crippen molar-refractivity contribution in [2.24, 2.45) is 0 Å². The largest absolute Gasteiger partial charge is 0.444 e. The Morgan fingerprint density at radius 2 is 2.00 bits per heavy atom. The van der Waals surface area contributed by atoms with E-state index in [0.29, 0.717) is 0 Å². The average Bonchev–Trinajstić information content (AvgIpc) is 1.96. The Kier molecular flexibility index (Phi) is 5.06. The molecule has 4 heteroatoms. The first-order valence-electron chi connectivity index (χ1n) is 4.81. The van der Waals surface area contributed by atoms with Crippen LogP contribution in [0.4, 0.5) is 4.79 Å². The van der Waals surface area contributed by atoms with E-state index in [1.54, 1.807) is 11.9 Å². The van der Waals surface area contributed by atoms with E-state index >= 15 is 0 Å². The Hall–Kier alpha value is -0.513. The van der Waals surface area contributed by atoms with Crippen LogP contribution in [-0.2, 0) is 4.74 Å². The van der Waals surface area contributed by atoms with Gasteiger partial charge >= 0.3 is 6.09 Å². The van der Waals surface area contributed by atoms with E-state index in [9.17, 15) is 4.79 Å². The van der Waals surface area contributed by atoms with Gasteiger partial charge in [-0.3, -0.25) is 0 Å². The summed E-state index contributed by atoms with van der Waals surface area (Å²) in [7, 11) is 2.99. The predicted molar refractivity (Wildman–Crippen MR) is 58.2 cm³/mol. The second kappa shape index (κ2) is 5.27. The highest BCUT2D eigenvalue weighted by Gasteiger charge is 2.18. The van der Waals surface area contributed by atoms with Crippen LogP contribution < -0.4 is 0 Å². The van der Waals surface area contributed by atoms with Crippen molar-refractivity contribution in [2.75, 3.05) is 13.6 Å². The SMILES string of the molecule is CN(CCC[SiH3])C(=O)OC(C)(C)C. The summed E-state index contributed by atoms with van der Waals surface area (Å²) in [6.07, 6.45) is 0.865. The minimum atomic E-state index is -0.383. The van der Waals surface area contributed by atoms with E-state index < -0.39 is 0 Å². The summed E-state index contributed by atoms with van der Waals surface area (Å²) in [5.41, 5.74) is -0.383. The summed E-state index contributed by atoms with van der Waals surface area (Å²) in [6.45, 7) is 6.45. The van der Waals surface area contributed by atoms with Crippen molar-refractivity contribution in [1.29, 1.82) is 0 Å². The smallest absolute Gasteiger partial charge is 0.410 e. The van der Waals surface area contributed by atoms with Gasteiger partial charge in [0, 0.05) is 23.8 Å². The van der Waals surface area contributed by atoms with Gasteiger partial charge in [-0.1, -0.05) is 6.04 Å². The zero-order valence-electron chi connectivity index (χ0n) is 9.39. The molecule has 0 unspecified atom stereocenters. The molecule has 0 spiro atoms. The highest BCUT2D eigenvalue weighted by atomic mass is 28.1. The molecule has 0 fully saturated rings. The molecule has 0 aromatic rings. The van der Waals surface area contributed by atoms with Gasteiger partial charge in [-0.05, 0) is 27.2 Å². The zero-order chi connectivity index (χ0) is 10.5. The molecule has 0 heterocycles. The fourth-order valence-electron chi connectivity index (χ4n) is 0.826. The van der Waals surface area contributed by atoms with Crippen molar-refractivity contribution in [3.8, 4) is 0 Å². The molecule has 0 N–H and O–H groups in total. The molecule has 0 aliphatic carbocycles. The molecule has 0 aromatic heterocycles. The van der Waals surface area contributed by atoms with Gasteiger partial charge in [-0.25, -0.2) is 4.79 Å². The van der Waals surface area contributed by atoms with Gasteiger partial charge in [-0.2, -0.15) is 0 Å². The zero-order valence-corrected chi connectivity index (χ0v) is 11.4. The maximum absolute atomic E-state index is 11.4. The quantitative estimate of drug-likeness (QED) is 0.641. The van der Waals surface area contributed by atoms with Crippen LogP contribution in [0.1, 0.15) is 27.2 Å². The van der Waals surface area contributed by atoms with Gasteiger partial charge in [-0.15, -0.1) is 0 Å². The van der Waals surface area contributed by atoms with Crippen LogP contribution in [0.3, 0.4) is 0 Å². The van der Waals surface area contributed by atoms with E-state index in [1.165, 1.54) is 16.3 Å². The van der Waals surface area contributed by atoms with Crippen LogP contribution in [0.25, 0.3) is 0 Å². The standard InChI is InChI=1S/C9H21NO2Si/c1-9(2,3)12-8(11)10(4)6-5-7-13/h5-7H2,1-4,13H3. The molecule has 0 rings (SSSR count). The van der Waals surface area contributed by atoms with E-state index in [1.807, 2.05) is 20.8 Å². The van der Waals surface area contributed by atoms with Crippen molar-refractivity contribution < 1.29 is 9.53 Å². The first kappa shape index (κ1) is 12.5. The summed E-state index contributed by atoms with van der Waals surface area (Å²) in [5.74, 6) is 0. The van der Waals surface area contributed by atoms with Crippen molar-refractivity contribution in [1.82, 2.24) is 4.90 Å². The second-order valence-electron chi connectivity index (χ2n) is 4.26. The first-order valence-corrected chi connectivity index (χ1v) is 6.22. The van der Waals surface area contributed by atoms with E-state index in [4.69, 9.17) is 4.74 Å². The Labute approximate surface area is 83.9 Å². The predicted octanol–water partition coefficient (Wildman–Crippen LogP) is 1.03. The van der Waals surface area contributed by atoms with Crippen LogP contribution >= 0.6 is 0 Å². The van der Waals surface area contributed by atoms with Crippen LogP contribution in [0.5, 0.6) is 0 Å². The summed E-state index contributed by atoms with van der Waals surface area (Å²) in [5, 5.41) is 0. The number of hydrogen-bond acceptors (Lipinski definition) is 2. The lowest BCUT2D eigenvalue weighted by Crippen LogP contribution is -2.34. The summed E-state index contributed by atoms with van der Waals surface area (Å²) >= 11 is 0. The Morgan fingerprint density at radius 1 is 1.46 bits per heavy atom. The molecule has 78 valence electrons. The Morgan fingerprint density at radius 3 is 2.38 bits per heavy atom. The molecule has 1 amide bonds. The molecule has 0 aromatic carbocycles. The fourth-order valence-corrected chi connectivity index (χ4v) is 1.14. The summed E-state index contributed by atoms with van der Waals surface area (Å²) in [4.78, 5) is 13.0. The van der Waals surface area contributed by atoms with Crippen LogP contribution in [0, 0.1) is 0 Å². The molecule has 0 bridgehead atoms. The third-order valence-corrected chi connectivity index (χ3v) is 2.26. The van der Waals surface area contributed by atoms with E-state index in [-0.39, 0.29) is 11.7 Å². The molecule has 0 saturated carbocycles. The maximum atomic E-state index is 11.4. The number of rotatable bonds is 3. The van der Waals surface area contributed by atoms with Crippen molar-refractivity contribution in [3.05, 3.63) is 0 Å². The van der Waals surface area contributed by atoms with Crippen molar-refractivity contribution in [2.45, 2.75) is 38.8 Å². The molecule has 0 saturated heterocycles. The molecular formula is C9H21NO2Si. The van der Waals surface area contributed by atoms with Gasteiger partial charge < -0.3 is 9.64 Å². The lowest BCUT2D eigenvalue weighted by Gasteiger charge is -2.24. The average molecular weight is 203 g/mol. The number of carbonyl (C=O) groups excluding carboxylic acids is 1. The molecule has 3 nitrogen and oxygen atoms in total. The minimum absolute atomic E-state index is 0.220. The Balaban J connectivity index is 3.83. The second-order valence-corrected chi connectivity index (χ2v) is 5.26. The maximum Gasteiger partial charge on any atom is 0.410 e. The monoisotopic (exact) mass is 203 g/mol. The van der Waals surface area contributed by atoms with Crippen molar-refractivity contribution in [3.63, 3.8) is 0 Å². The molecular weight excluding hydrogens is 182 g/mol. The van der Waals surface area contributed by atoms with Crippen LogP contribution in [0.15, 0.2) is 0 Å². The third kappa shape index (κ3) is 6.63. The van der Waals surface area contributed by atoms with E-state index in [0.717, 1.165) is 13.0 Å². The lowest BCUT2D eigenvalue weighted by molar-refractivity contribution is 0.0299. The molecule has 0 aliphatic heterocycles. The number of carbonyl (C=O) groups is 1. The molecule has 0 radical (unpaired) electrons. The summed E-state index contributed by atoms with van der Waals surface area (Å²) in [6, 6.07) is 1.23. The Bertz CT molecular complexity index is 165. The molecule has 13 heavy (non-hydrogen) atoms. The van der Waals surface area contributed by atoms with Gasteiger partial charge in [0.2, 0.25) is 0 Å². The van der Waals surface area contributed by atoms with Gasteiger partial charge in [0.15, 0.2) is 0 Å². The third-order valence-electron chi connectivity index (χ3n) is 1.55. The van der Waals surface area contributed by atoms with Crippen molar-refractivity contribution >= 4 is 16.3 Å². The van der Waals surface area contributed by atoms with Crippen LogP contribution in [-0.4, -0.2) is 40.4 Å². The molecule has 0 atom stereocenters. The normalized spacial score (nSPS) is 11.4. The first-order chi connectivity index (χ1) is 5.87.